The van der Waals surface area contributed by atoms with Crippen molar-refractivity contribution in [3.63, 3.8) is 0 Å². The molecule has 1 fully saturated rings. The fraction of sp³-hybridized carbons (Fsp3) is 0.316. The van der Waals surface area contributed by atoms with E-state index in [0.717, 1.165) is 6.42 Å². The molecule has 9 heteroatoms. The standard InChI is InChI=1S/C19H19Cl2N3O4/c20-13-6-5-12(11-14(13)21)17(25)22-7-8-23-18(26)15-3-1-9-24(15)19(27)16-4-2-10-28-16/h2,4-6,10-11,15H,1,3,7-9H2,(H,22,25)(H,23,26)/t15-/m0/s1. The maximum absolute atomic E-state index is 12.4. The van der Waals surface area contributed by atoms with E-state index >= 15 is 0 Å². The van der Waals surface area contributed by atoms with Gasteiger partial charge >= 0.3 is 0 Å². The molecule has 1 aromatic carbocycles. The molecular weight excluding hydrogens is 405 g/mol. The van der Waals surface area contributed by atoms with Gasteiger partial charge in [-0.25, -0.2) is 0 Å². The molecule has 1 atom stereocenters. The maximum atomic E-state index is 12.4. The molecule has 0 aliphatic carbocycles. The number of carbonyl (C=O) groups is 3. The van der Waals surface area contributed by atoms with Crippen LogP contribution in [0.25, 0.3) is 0 Å². The Kier molecular flexibility index (Phi) is 6.59. The first-order valence-corrected chi connectivity index (χ1v) is 9.58. The molecule has 3 rings (SSSR count). The summed E-state index contributed by atoms with van der Waals surface area (Å²) >= 11 is 11.7. The van der Waals surface area contributed by atoms with E-state index in [4.69, 9.17) is 27.6 Å². The minimum atomic E-state index is -0.539. The highest BCUT2D eigenvalue weighted by atomic mass is 35.5. The number of halogens is 2. The smallest absolute Gasteiger partial charge is 0.290 e. The van der Waals surface area contributed by atoms with E-state index in [1.54, 1.807) is 24.3 Å². The van der Waals surface area contributed by atoms with Crippen molar-refractivity contribution in [2.75, 3.05) is 19.6 Å². The Hall–Kier alpha value is -2.51. The zero-order valence-electron chi connectivity index (χ0n) is 14.9. The molecule has 0 radical (unpaired) electrons. The number of rotatable bonds is 6. The second-order valence-electron chi connectivity index (χ2n) is 6.31. The van der Waals surface area contributed by atoms with E-state index in [0.29, 0.717) is 28.6 Å². The second kappa shape index (κ2) is 9.12. The molecule has 1 aliphatic rings. The van der Waals surface area contributed by atoms with Crippen LogP contribution in [0.5, 0.6) is 0 Å². The van der Waals surface area contributed by atoms with Crippen molar-refractivity contribution in [3.8, 4) is 0 Å². The summed E-state index contributed by atoms with van der Waals surface area (Å²) in [4.78, 5) is 38.5. The average Bonchev–Trinajstić information content (AvgIpc) is 3.38. The van der Waals surface area contributed by atoms with E-state index in [2.05, 4.69) is 10.6 Å². The normalized spacial score (nSPS) is 16.1. The van der Waals surface area contributed by atoms with E-state index in [1.807, 2.05) is 0 Å². The van der Waals surface area contributed by atoms with Gasteiger partial charge in [0.2, 0.25) is 5.91 Å². The monoisotopic (exact) mass is 423 g/mol. The van der Waals surface area contributed by atoms with Crippen LogP contribution in [-0.4, -0.2) is 48.3 Å². The Balaban J connectivity index is 1.46. The quantitative estimate of drug-likeness (QED) is 0.698. The number of furan rings is 1. The molecule has 148 valence electrons. The van der Waals surface area contributed by atoms with Gasteiger partial charge in [0.1, 0.15) is 6.04 Å². The minimum Gasteiger partial charge on any atom is -0.459 e. The fourth-order valence-electron chi connectivity index (χ4n) is 3.04. The van der Waals surface area contributed by atoms with Gasteiger partial charge in [-0.3, -0.25) is 14.4 Å². The summed E-state index contributed by atoms with van der Waals surface area (Å²) in [6, 6.07) is 7.27. The number of nitrogens with one attached hydrogen (secondary N) is 2. The lowest BCUT2D eigenvalue weighted by atomic mass is 10.2. The van der Waals surface area contributed by atoms with Gasteiger partial charge in [-0.05, 0) is 43.2 Å². The van der Waals surface area contributed by atoms with Gasteiger partial charge in [-0.1, -0.05) is 23.2 Å². The molecule has 0 bridgehead atoms. The van der Waals surface area contributed by atoms with Crippen molar-refractivity contribution in [2.24, 2.45) is 0 Å². The first kappa shape index (κ1) is 20.2. The Bertz CT molecular complexity index is 870. The van der Waals surface area contributed by atoms with Crippen LogP contribution in [0.3, 0.4) is 0 Å². The summed E-state index contributed by atoms with van der Waals surface area (Å²) in [6.07, 6.45) is 2.77. The van der Waals surface area contributed by atoms with Crippen molar-refractivity contribution < 1.29 is 18.8 Å². The van der Waals surface area contributed by atoms with E-state index < -0.39 is 6.04 Å². The Morgan fingerprint density at radius 1 is 1.11 bits per heavy atom. The number of carbonyl (C=O) groups excluding carboxylic acids is 3. The molecule has 3 amide bonds. The summed E-state index contributed by atoms with van der Waals surface area (Å²) in [6.45, 7) is 0.987. The van der Waals surface area contributed by atoms with Crippen LogP contribution in [0.1, 0.15) is 33.8 Å². The van der Waals surface area contributed by atoms with E-state index in [9.17, 15) is 14.4 Å². The predicted octanol–water partition coefficient (Wildman–Crippen LogP) is 2.74. The molecule has 0 spiro atoms. The summed E-state index contributed by atoms with van der Waals surface area (Å²) < 4.78 is 5.13. The van der Waals surface area contributed by atoms with Gasteiger partial charge in [-0.2, -0.15) is 0 Å². The molecule has 7 nitrogen and oxygen atoms in total. The number of amides is 3. The zero-order valence-corrected chi connectivity index (χ0v) is 16.4. The van der Waals surface area contributed by atoms with Crippen LogP contribution in [0.2, 0.25) is 10.0 Å². The number of hydrogen-bond acceptors (Lipinski definition) is 4. The summed E-state index contributed by atoms with van der Waals surface area (Å²) in [5, 5.41) is 6.12. The topological polar surface area (TPSA) is 91.7 Å². The third kappa shape index (κ3) is 4.66. The SMILES string of the molecule is O=C(NCCNC(=O)[C@@H]1CCCN1C(=O)c1ccco1)c1ccc(Cl)c(Cl)c1. The lowest BCUT2D eigenvalue weighted by Gasteiger charge is -2.23. The van der Waals surface area contributed by atoms with E-state index in [-0.39, 0.29) is 36.6 Å². The molecule has 28 heavy (non-hydrogen) atoms. The van der Waals surface area contributed by atoms with Gasteiger partial charge in [0.15, 0.2) is 5.76 Å². The van der Waals surface area contributed by atoms with Crippen LogP contribution >= 0.6 is 23.2 Å². The van der Waals surface area contributed by atoms with Crippen LogP contribution in [-0.2, 0) is 4.79 Å². The average molecular weight is 424 g/mol. The van der Waals surface area contributed by atoms with Crippen molar-refractivity contribution in [2.45, 2.75) is 18.9 Å². The fourth-order valence-corrected chi connectivity index (χ4v) is 3.34. The van der Waals surface area contributed by atoms with Crippen LogP contribution in [0.4, 0.5) is 0 Å². The van der Waals surface area contributed by atoms with Crippen LogP contribution in [0, 0.1) is 0 Å². The molecular formula is C19H19Cl2N3O4. The Morgan fingerprint density at radius 3 is 2.61 bits per heavy atom. The second-order valence-corrected chi connectivity index (χ2v) is 7.12. The highest BCUT2D eigenvalue weighted by molar-refractivity contribution is 6.42. The minimum absolute atomic E-state index is 0.216. The number of benzene rings is 1. The van der Waals surface area contributed by atoms with Crippen molar-refractivity contribution in [3.05, 3.63) is 58.0 Å². The number of hydrogen-bond donors (Lipinski definition) is 2. The van der Waals surface area contributed by atoms with Gasteiger partial charge in [0.05, 0.1) is 16.3 Å². The Morgan fingerprint density at radius 2 is 1.89 bits per heavy atom. The highest BCUT2D eigenvalue weighted by Crippen LogP contribution is 2.22. The van der Waals surface area contributed by atoms with Gasteiger partial charge < -0.3 is 20.0 Å². The first-order chi connectivity index (χ1) is 13.5. The highest BCUT2D eigenvalue weighted by Gasteiger charge is 2.35. The third-order valence-corrected chi connectivity index (χ3v) is 5.18. The Labute approximate surface area is 172 Å². The molecule has 0 saturated carbocycles. The van der Waals surface area contributed by atoms with Gasteiger partial charge in [-0.15, -0.1) is 0 Å². The largest absolute Gasteiger partial charge is 0.459 e. The zero-order chi connectivity index (χ0) is 20.1. The van der Waals surface area contributed by atoms with Crippen LogP contribution < -0.4 is 10.6 Å². The predicted molar refractivity (Wildman–Crippen MR) is 105 cm³/mol. The van der Waals surface area contributed by atoms with Crippen LogP contribution in [0.15, 0.2) is 41.0 Å². The summed E-state index contributed by atoms with van der Waals surface area (Å²) in [5.74, 6) is -0.645. The molecule has 2 N–H and O–H groups in total. The molecule has 0 unspecified atom stereocenters. The maximum Gasteiger partial charge on any atom is 0.290 e. The van der Waals surface area contributed by atoms with Crippen molar-refractivity contribution in [1.29, 1.82) is 0 Å². The third-order valence-electron chi connectivity index (χ3n) is 4.44. The number of nitrogens with zero attached hydrogens (tertiary/aromatic N) is 1. The van der Waals surface area contributed by atoms with E-state index in [1.165, 1.54) is 17.2 Å². The molecule has 1 aromatic heterocycles. The first-order valence-electron chi connectivity index (χ1n) is 8.83. The summed E-state index contributed by atoms with van der Waals surface area (Å²) in [5.41, 5.74) is 0.381. The van der Waals surface area contributed by atoms with Crippen molar-refractivity contribution in [1.82, 2.24) is 15.5 Å². The molecule has 2 heterocycles. The number of likely N-dealkylation sites (tertiary alicyclic amines) is 1. The molecule has 1 aliphatic heterocycles. The lowest BCUT2D eigenvalue weighted by molar-refractivity contribution is -0.124. The summed E-state index contributed by atoms with van der Waals surface area (Å²) in [7, 11) is 0. The lowest BCUT2D eigenvalue weighted by Crippen LogP contribution is -2.47. The van der Waals surface area contributed by atoms with Gasteiger partial charge in [0, 0.05) is 25.2 Å². The molecule has 2 aromatic rings. The van der Waals surface area contributed by atoms with Crippen molar-refractivity contribution >= 4 is 40.9 Å². The molecule has 1 saturated heterocycles. The van der Waals surface area contributed by atoms with Gasteiger partial charge in [0.25, 0.3) is 11.8 Å².